The van der Waals surface area contributed by atoms with Gasteiger partial charge in [-0.15, -0.1) is 0 Å². The van der Waals surface area contributed by atoms with E-state index >= 15 is 0 Å². The van der Waals surface area contributed by atoms with Gasteiger partial charge in [0.05, 0.1) is 5.52 Å². The van der Waals surface area contributed by atoms with Crippen LogP contribution in [0.25, 0.3) is 10.9 Å². The molecule has 4 heteroatoms. The van der Waals surface area contributed by atoms with Crippen LogP contribution in [0.5, 0.6) is 0 Å². The average molecular weight is 361 g/mol. The van der Waals surface area contributed by atoms with Gasteiger partial charge in [-0.2, -0.15) is 0 Å². The molecule has 0 aliphatic rings. The summed E-state index contributed by atoms with van der Waals surface area (Å²) in [6.45, 7) is 2.08. The molecule has 0 unspecified atom stereocenters. The second kappa shape index (κ2) is 5.13. The van der Waals surface area contributed by atoms with Crippen LogP contribution in [0, 0.1) is 10.5 Å². The summed E-state index contributed by atoms with van der Waals surface area (Å²) < 4.78 is 1.17. The molecule has 94 valence electrons. The third-order valence-electron chi connectivity index (χ3n) is 2.91. The molecular formula is C15H12IN3. The summed E-state index contributed by atoms with van der Waals surface area (Å²) >= 11 is 2.30. The van der Waals surface area contributed by atoms with Gasteiger partial charge in [0.1, 0.15) is 12.1 Å². The Morgan fingerprint density at radius 3 is 2.58 bits per heavy atom. The lowest BCUT2D eigenvalue weighted by atomic mass is 10.2. The van der Waals surface area contributed by atoms with Crippen molar-refractivity contribution in [1.29, 1.82) is 0 Å². The first kappa shape index (κ1) is 12.3. The first-order valence-electron chi connectivity index (χ1n) is 5.96. The summed E-state index contributed by atoms with van der Waals surface area (Å²) in [4.78, 5) is 8.62. The van der Waals surface area contributed by atoms with Gasteiger partial charge in [-0.25, -0.2) is 9.97 Å². The van der Waals surface area contributed by atoms with Gasteiger partial charge in [0.2, 0.25) is 0 Å². The fraction of sp³-hybridized carbons (Fsp3) is 0.0667. The molecule has 0 radical (unpaired) electrons. The summed E-state index contributed by atoms with van der Waals surface area (Å²) in [5.41, 5.74) is 3.22. The SMILES string of the molecule is Cc1ccc(Nc2ncnc3ccc(I)cc23)cc1. The van der Waals surface area contributed by atoms with Crippen molar-refractivity contribution in [3.05, 3.63) is 57.9 Å². The summed E-state index contributed by atoms with van der Waals surface area (Å²) in [6.07, 6.45) is 1.59. The van der Waals surface area contributed by atoms with Crippen molar-refractivity contribution < 1.29 is 0 Å². The Labute approximate surface area is 125 Å². The normalized spacial score (nSPS) is 10.6. The van der Waals surface area contributed by atoms with Gasteiger partial charge in [-0.3, -0.25) is 0 Å². The van der Waals surface area contributed by atoms with Crippen molar-refractivity contribution in [3.63, 3.8) is 0 Å². The Bertz CT molecular complexity index is 723. The highest BCUT2D eigenvalue weighted by atomic mass is 127. The molecule has 0 spiro atoms. The molecule has 0 bridgehead atoms. The lowest BCUT2D eigenvalue weighted by molar-refractivity contribution is 1.22. The van der Waals surface area contributed by atoms with Crippen LogP contribution in [0.2, 0.25) is 0 Å². The number of anilines is 2. The quantitative estimate of drug-likeness (QED) is 0.692. The molecule has 0 saturated heterocycles. The molecule has 0 aliphatic carbocycles. The number of aryl methyl sites for hydroxylation is 1. The standard InChI is InChI=1S/C15H12IN3/c1-10-2-5-12(6-3-10)19-15-13-8-11(16)4-7-14(13)17-9-18-15/h2-9H,1H3,(H,17,18,19). The third-order valence-corrected chi connectivity index (χ3v) is 3.58. The Hall–Kier alpha value is -1.69. The van der Waals surface area contributed by atoms with E-state index in [2.05, 4.69) is 75.1 Å². The Kier molecular flexibility index (Phi) is 3.33. The van der Waals surface area contributed by atoms with Gasteiger partial charge in [-0.05, 0) is 59.8 Å². The van der Waals surface area contributed by atoms with E-state index in [0.717, 1.165) is 22.4 Å². The fourth-order valence-electron chi connectivity index (χ4n) is 1.90. The van der Waals surface area contributed by atoms with E-state index in [-0.39, 0.29) is 0 Å². The molecule has 1 N–H and O–H groups in total. The van der Waals surface area contributed by atoms with Crippen molar-refractivity contribution in [2.45, 2.75) is 6.92 Å². The maximum absolute atomic E-state index is 4.34. The van der Waals surface area contributed by atoms with Gasteiger partial charge in [-0.1, -0.05) is 17.7 Å². The zero-order valence-electron chi connectivity index (χ0n) is 10.4. The van der Waals surface area contributed by atoms with Crippen molar-refractivity contribution in [3.8, 4) is 0 Å². The number of fused-ring (bicyclic) bond motifs is 1. The number of nitrogens with one attached hydrogen (secondary N) is 1. The highest BCUT2D eigenvalue weighted by Crippen LogP contribution is 2.24. The molecule has 1 heterocycles. The van der Waals surface area contributed by atoms with Crippen molar-refractivity contribution in [2.75, 3.05) is 5.32 Å². The Morgan fingerprint density at radius 1 is 1.00 bits per heavy atom. The summed E-state index contributed by atoms with van der Waals surface area (Å²) in [5, 5.41) is 4.38. The smallest absolute Gasteiger partial charge is 0.141 e. The van der Waals surface area contributed by atoms with Crippen LogP contribution in [0.3, 0.4) is 0 Å². The zero-order chi connectivity index (χ0) is 13.2. The second-order valence-corrected chi connectivity index (χ2v) is 5.62. The van der Waals surface area contributed by atoms with Crippen molar-refractivity contribution in [1.82, 2.24) is 9.97 Å². The predicted molar refractivity (Wildman–Crippen MR) is 86.7 cm³/mol. The van der Waals surface area contributed by atoms with Crippen molar-refractivity contribution >= 4 is 45.0 Å². The fourth-order valence-corrected chi connectivity index (χ4v) is 2.39. The highest BCUT2D eigenvalue weighted by Gasteiger charge is 2.04. The van der Waals surface area contributed by atoms with E-state index in [0.29, 0.717) is 0 Å². The number of aromatic nitrogens is 2. The third kappa shape index (κ3) is 2.68. The molecule has 3 nitrogen and oxygen atoms in total. The van der Waals surface area contributed by atoms with Gasteiger partial charge in [0.15, 0.2) is 0 Å². The van der Waals surface area contributed by atoms with E-state index in [1.54, 1.807) is 6.33 Å². The number of halogens is 1. The molecule has 0 aliphatic heterocycles. The van der Waals surface area contributed by atoms with Crippen LogP contribution < -0.4 is 5.32 Å². The van der Waals surface area contributed by atoms with Crippen LogP contribution in [-0.2, 0) is 0 Å². The lowest BCUT2D eigenvalue weighted by Crippen LogP contribution is -1.96. The number of hydrogen-bond acceptors (Lipinski definition) is 3. The number of hydrogen-bond donors (Lipinski definition) is 1. The molecule has 0 fully saturated rings. The molecule has 3 aromatic rings. The number of benzene rings is 2. The molecule has 2 aromatic carbocycles. The highest BCUT2D eigenvalue weighted by molar-refractivity contribution is 14.1. The first-order chi connectivity index (χ1) is 9.22. The van der Waals surface area contributed by atoms with Crippen LogP contribution in [0.4, 0.5) is 11.5 Å². The van der Waals surface area contributed by atoms with E-state index in [1.807, 2.05) is 12.1 Å². The minimum atomic E-state index is 0.840. The number of rotatable bonds is 2. The van der Waals surface area contributed by atoms with Gasteiger partial charge in [0, 0.05) is 14.6 Å². The van der Waals surface area contributed by atoms with E-state index < -0.39 is 0 Å². The van der Waals surface area contributed by atoms with Crippen LogP contribution in [-0.4, -0.2) is 9.97 Å². The predicted octanol–water partition coefficient (Wildman–Crippen LogP) is 4.29. The molecule has 0 atom stereocenters. The minimum Gasteiger partial charge on any atom is -0.340 e. The zero-order valence-corrected chi connectivity index (χ0v) is 12.5. The second-order valence-electron chi connectivity index (χ2n) is 4.37. The molecule has 0 amide bonds. The molecular weight excluding hydrogens is 349 g/mol. The van der Waals surface area contributed by atoms with Crippen LogP contribution in [0.1, 0.15) is 5.56 Å². The average Bonchev–Trinajstić information content (AvgIpc) is 2.42. The van der Waals surface area contributed by atoms with Gasteiger partial charge >= 0.3 is 0 Å². The van der Waals surface area contributed by atoms with Crippen LogP contribution >= 0.6 is 22.6 Å². The number of nitrogens with zero attached hydrogens (tertiary/aromatic N) is 2. The summed E-state index contributed by atoms with van der Waals surface area (Å²) in [5.74, 6) is 0.840. The Morgan fingerprint density at radius 2 is 1.79 bits per heavy atom. The maximum atomic E-state index is 4.34. The topological polar surface area (TPSA) is 37.8 Å². The Balaban J connectivity index is 2.05. The summed E-state index contributed by atoms with van der Waals surface area (Å²) in [6, 6.07) is 14.4. The monoisotopic (exact) mass is 361 g/mol. The molecule has 1 aromatic heterocycles. The van der Waals surface area contributed by atoms with Gasteiger partial charge in [0.25, 0.3) is 0 Å². The maximum Gasteiger partial charge on any atom is 0.141 e. The first-order valence-corrected chi connectivity index (χ1v) is 7.04. The van der Waals surface area contributed by atoms with E-state index in [9.17, 15) is 0 Å². The molecule has 3 rings (SSSR count). The lowest BCUT2D eigenvalue weighted by Gasteiger charge is -2.08. The summed E-state index contributed by atoms with van der Waals surface area (Å²) in [7, 11) is 0. The van der Waals surface area contributed by atoms with E-state index in [4.69, 9.17) is 0 Å². The molecule has 0 saturated carbocycles. The molecule has 19 heavy (non-hydrogen) atoms. The largest absolute Gasteiger partial charge is 0.340 e. The van der Waals surface area contributed by atoms with Crippen LogP contribution in [0.15, 0.2) is 48.8 Å². The van der Waals surface area contributed by atoms with Crippen molar-refractivity contribution in [2.24, 2.45) is 0 Å². The van der Waals surface area contributed by atoms with E-state index in [1.165, 1.54) is 9.13 Å². The van der Waals surface area contributed by atoms with Gasteiger partial charge < -0.3 is 5.32 Å². The minimum absolute atomic E-state index is 0.840.